The number of hydrazone groups is 1. The minimum Gasteiger partial charge on any atom is -0.269 e. The summed E-state index contributed by atoms with van der Waals surface area (Å²) in [5.74, 6) is -0.481. The SMILES string of the molecule is [2H]C([2H])([2H])/C(=N\N(C)c1ccccc1)C([2H])([2H])C(C)C. The summed E-state index contributed by atoms with van der Waals surface area (Å²) in [5.41, 5.74) is 0.278. The van der Waals surface area contributed by atoms with Crippen LogP contribution >= 0.6 is 0 Å². The third-order valence-electron chi connectivity index (χ3n) is 1.81. The first-order valence-corrected chi connectivity index (χ1v) is 4.95. The van der Waals surface area contributed by atoms with Crippen molar-refractivity contribution in [1.29, 1.82) is 0 Å². The lowest BCUT2D eigenvalue weighted by Crippen LogP contribution is -2.12. The number of hydrogen-bond donors (Lipinski definition) is 0. The molecular weight excluding hydrogens is 184 g/mol. The van der Waals surface area contributed by atoms with Crippen LogP contribution in [0.2, 0.25) is 0 Å². The maximum Gasteiger partial charge on any atom is 0.0590 e. The Morgan fingerprint density at radius 3 is 2.67 bits per heavy atom. The molecule has 0 aliphatic rings. The van der Waals surface area contributed by atoms with Gasteiger partial charge in [0.05, 0.1) is 5.69 Å². The van der Waals surface area contributed by atoms with Gasteiger partial charge in [-0.05, 0) is 31.3 Å². The molecule has 0 saturated heterocycles. The third-order valence-corrected chi connectivity index (χ3v) is 1.81. The Hall–Kier alpha value is -1.31. The van der Waals surface area contributed by atoms with Gasteiger partial charge < -0.3 is 0 Å². The molecule has 0 spiro atoms. The molecule has 0 aromatic heterocycles. The average molecular weight is 209 g/mol. The molecule has 82 valence electrons. The van der Waals surface area contributed by atoms with E-state index in [4.69, 9.17) is 6.85 Å². The molecule has 0 fully saturated rings. The first-order chi connectivity index (χ1) is 9.06. The van der Waals surface area contributed by atoms with Gasteiger partial charge in [-0.25, -0.2) is 0 Å². The Bertz CT molecular complexity index is 465. The van der Waals surface area contributed by atoms with Crippen molar-refractivity contribution in [2.45, 2.75) is 27.1 Å². The summed E-state index contributed by atoms with van der Waals surface area (Å²) in [6, 6.07) is 9.04. The van der Waals surface area contributed by atoms with Gasteiger partial charge in [0.25, 0.3) is 0 Å². The predicted octanol–water partition coefficient (Wildman–Crippen LogP) is 3.54. The van der Waals surface area contributed by atoms with Crippen LogP contribution in [0.1, 0.15) is 33.9 Å². The fourth-order valence-corrected chi connectivity index (χ4v) is 1.15. The van der Waals surface area contributed by atoms with E-state index in [0.717, 1.165) is 0 Å². The molecule has 2 heteroatoms. The van der Waals surface area contributed by atoms with E-state index in [1.165, 1.54) is 5.01 Å². The van der Waals surface area contributed by atoms with Gasteiger partial charge in [0.15, 0.2) is 0 Å². The Kier molecular flexibility index (Phi) is 2.33. The second kappa shape index (κ2) is 5.54. The predicted molar refractivity (Wildman–Crippen MR) is 67.4 cm³/mol. The van der Waals surface area contributed by atoms with Crippen molar-refractivity contribution in [3.05, 3.63) is 30.3 Å². The van der Waals surface area contributed by atoms with Crippen LogP contribution in [0.25, 0.3) is 0 Å². The Labute approximate surface area is 99.6 Å². The number of rotatable bonds is 4. The molecule has 0 aliphatic carbocycles. The quantitative estimate of drug-likeness (QED) is 0.547. The molecule has 0 unspecified atom stereocenters. The van der Waals surface area contributed by atoms with E-state index in [1.807, 2.05) is 18.2 Å². The summed E-state index contributed by atoms with van der Waals surface area (Å²) >= 11 is 0. The van der Waals surface area contributed by atoms with Crippen LogP contribution in [0.3, 0.4) is 0 Å². The highest BCUT2D eigenvalue weighted by Crippen LogP contribution is 2.12. The van der Waals surface area contributed by atoms with Gasteiger partial charge in [-0.2, -0.15) is 5.10 Å². The van der Waals surface area contributed by atoms with Gasteiger partial charge in [-0.3, -0.25) is 5.01 Å². The summed E-state index contributed by atoms with van der Waals surface area (Å²) in [6.45, 7) is 0.713. The standard InChI is InChI=1S/C13H20N2/c1-11(2)10-12(3)14-15(4)13-8-6-5-7-9-13/h5-9,11H,10H2,1-4H3/b14-12+/i3D3,10D2. The summed E-state index contributed by atoms with van der Waals surface area (Å²) in [5, 5.41) is 5.41. The highest BCUT2D eigenvalue weighted by Gasteiger charge is 2.00. The second-order valence-corrected chi connectivity index (χ2v) is 3.61. The molecule has 15 heavy (non-hydrogen) atoms. The normalized spacial score (nSPS) is 18.7. The first kappa shape index (κ1) is 6.31. The highest BCUT2D eigenvalue weighted by molar-refractivity contribution is 5.82. The van der Waals surface area contributed by atoms with E-state index in [-0.39, 0.29) is 0 Å². The van der Waals surface area contributed by atoms with Crippen LogP contribution in [0, 0.1) is 5.92 Å². The van der Waals surface area contributed by atoms with E-state index in [0.29, 0.717) is 5.69 Å². The van der Waals surface area contributed by atoms with Crippen molar-refractivity contribution >= 4 is 11.4 Å². The lowest BCUT2D eigenvalue weighted by Gasteiger charge is -2.15. The van der Waals surface area contributed by atoms with Crippen LogP contribution < -0.4 is 5.01 Å². The van der Waals surface area contributed by atoms with Crippen molar-refractivity contribution in [1.82, 2.24) is 0 Å². The molecular formula is C13H20N2. The summed E-state index contributed by atoms with van der Waals surface area (Å²) in [6.07, 6.45) is -1.99. The zero-order valence-electron chi connectivity index (χ0n) is 14.4. The third kappa shape index (κ3) is 4.15. The van der Waals surface area contributed by atoms with Gasteiger partial charge in [-0.1, -0.05) is 32.0 Å². The lowest BCUT2D eigenvalue weighted by atomic mass is 10.1. The van der Waals surface area contributed by atoms with Crippen LogP contribution in [-0.4, -0.2) is 12.8 Å². The van der Waals surface area contributed by atoms with E-state index in [1.54, 1.807) is 33.0 Å². The smallest absolute Gasteiger partial charge is 0.0590 e. The van der Waals surface area contributed by atoms with Crippen molar-refractivity contribution in [3.63, 3.8) is 0 Å². The molecule has 0 amide bonds. The van der Waals surface area contributed by atoms with E-state index in [2.05, 4.69) is 5.10 Å². The molecule has 1 aromatic carbocycles. The molecule has 2 nitrogen and oxygen atoms in total. The molecule has 0 saturated carbocycles. The zero-order valence-corrected chi connectivity index (χ0v) is 9.36. The average Bonchev–Trinajstić information content (AvgIpc) is 2.34. The molecule has 0 radical (unpaired) electrons. The van der Waals surface area contributed by atoms with Crippen LogP contribution in [0.4, 0.5) is 5.69 Å². The van der Waals surface area contributed by atoms with E-state index < -0.39 is 24.9 Å². The van der Waals surface area contributed by atoms with Gasteiger partial charge in [0.1, 0.15) is 0 Å². The molecule has 1 rings (SSSR count). The van der Waals surface area contributed by atoms with Gasteiger partial charge in [0, 0.05) is 19.6 Å². The van der Waals surface area contributed by atoms with Crippen LogP contribution in [-0.2, 0) is 0 Å². The molecule has 0 aliphatic heterocycles. The van der Waals surface area contributed by atoms with E-state index in [9.17, 15) is 0 Å². The minimum absolute atomic E-state index is 0.425. The summed E-state index contributed by atoms with van der Waals surface area (Å²) in [4.78, 5) is 0. The van der Waals surface area contributed by atoms with Crippen LogP contribution in [0.15, 0.2) is 35.4 Å². The minimum atomic E-state index is -2.57. The molecule has 1 aromatic rings. The fourth-order valence-electron chi connectivity index (χ4n) is 1.15. The number of para-hydroxylation sites is 1. The number of anilines is 1. The summed E-state index contributed by atoms with van der Waals surface area (Å²) < 4.78 is 38.6. The first-order valence-electron chi connectivity index (χ1n) is 7.45. The van der Waals surface area contributed by atoms with Gasteiger partial charge >= 0.3 is 0 Å². The van der Waals surface area contributed by atoms with Crippen molar-refractivity contribution in [3.8, 4) is 0 Å². The highest BCUT2D eigenvalue weighted by atomic mass is 15.4. The Balaban J connectivity index is 3.22. The van der Waals surface area contributed by atoms with Gasteiger partial charge in [-0.15, -0.1) is 0 Å². The Morgan fingerprint density at radius 1 is 1.47 bits per heavy atom. The maximum absolute atomic E-state index is 8.00. The topological polar surface area (TPSA) is 15.6 Å². The fraction of sp³-hybridized carbons (Fsp3) is 0.462. The summed E-state index contributed by atoms with van der Waals surface area (Å²) in [7, 11) is 1.61. The number of nitrogens with zero attached hydrogens (tertiary/aromatic N) is 2. The van der Waals surface area contributed by atoms with E-state index >= 15 is 0 Å². The number of hydrogen-bond acceptors (Lipinski definition) is 2. The number of benzene rings is 1. The largest absolute Gasteiger partial charge is 0.269 e. The lowest BCUT2D eigenvalue weighted by molar-refractivity contribution is 0.680. The maximum atomic E-state index is 8.00. The van der Waals surface area contributed by atoms with Gasteiger partial charge in [0.2, 0.25) is 0 Å². The van der Waals surface area contributed by atoms with Crippen molar-refractivity contribution in [2.24, 2.45) is 11.0 Å². The molecule has 0 bridgehead atoms. The zero-order chi connectivity index (χ0) is 15.6. The molecule has 0 atom stereocenters. The molecule has 0 heterocycles. The monoisotopic (exact) mass is 209 g/mol. The second-order valence-electron chi connectivity index (χ2n) is 3.61. The Morgan fingerprint density at radius 2 is 2.13 bits per heavy atom. The molecule has 0 N–H and O–H groups in total. The van der Waals surface area contributed by atoms with Crippen molar-refractivity contribution < 1.29 is 6.85 Å². The van der Waals surface area contributed by atoms with Crippen LogP contribution in [0.5, 0.6) is 0 Å². The van der Waals surface area contributed by atoms with Crippen molar-refractivity contribution in [2.75, 3.05) is 12.1 Å².